The van der Waals surface area contributed by atoms with Crippen LogP contribution >= 0.6 is 15.9 Å². The molecule has 0 spiro atoms. The highest BCUT2D eigenvalue weighted by atomic mass is 79.9. The third kappa shape index (κ3) is 4.13. The fourth-order valence-electron chi connectivity index (χ4n) is 3.99. The molecule has 0 saturated heterocycles. The number of benzene rings is 2. The molecule has 4 rings (SSSR count). The van der Waals surface area contributed by atoms with Crippen LogP contribution in [-0.4, -0.2) is 18.1 Å². The molecule has 1 aromatic heterocycles. The number of carbonyl (C=O) groups excluding carboxylic acids is 1. The first-order chi connectivity index (χ1) is 14.1. The first-order valence-electron chi connectivity index (χ1n) is 9.67. The van der Waals surface area contributed by atoms with Crippen molar-refractivity contribution >= 4 is 21.9 Å². The van der Waals surface area contributed by atoms with Crippen LogP contribution in [0.3, 0.4) is 0 Å². The third-order valence-corrected chi connectivity index (χ3v) is 6.00. The topological polar surface area (TPSA) is 52.3 Å². The van der Waals surface area contributed by atoms with Gasteiger partial charge in [-0.05, 0) is 49.2 Å². The van der Waals surface area contributed by atoms with E-state index in [4.69, 9.17) is 14.1 Å². The fraction of sp³-hybridized carbons (Fsp3) is 0.304. The Hall–Kier alpha value is -2.47. The zero-order valence-corrected chi connectivity index (χ0v) is 17.6. The Bertz CT molecular complexity index is 998. The summed E-state index contributed by atoms with van der Waals surface area (Å²) in [4.78, 5) is 17.2. The summed E-state index contributed by atoms with van der Waals surface area (Å²) in [6, 6.07) is 13.9. The summed E-state index contributed by atoms with van der Waals surface area (Å²) in [7, 11) is 1.42. The van der Waals surface area contributed by atoms with Gasteiger partial charge in [0.15, 0.2) is 0 Å². The average Bonchev–Trinajstić information content (AvgIpc) is 3.19. The molecule has 0 aliphatic heterocycles. The molecule has 2 atom stereocenters. The molecule has 0 bridgehead atoms. The molecule has 2 unspecified atom stereocenters. The second kappa shape index (κ2) is 8.49. The summed E-state index contributed by atoms with van der Waals surface area (Å²) in [6.07, 6.45) is 3.61. The number of halogens is 2. The molecule has 1 aliphatic rings. The minimum atomic E-state index is -0.313. The lowest BCUT2D eigenvalue weighted by Crippen LogP contribution is -2.26. The second-order valence-corrected chi connectivity index (χ2v) is 8.18. The predicted octanol–water partition coefficient (Wildman–Crippen LogP) is 6.36. The third-order valence-electron chi connectivity index (χ3n) is 5.47. The van der Waals surface area contributed by atoms with Crippen molar-refractivity contribution in [2.75, 3.05) is 7.11 Å². The largest absolute Gasteiger partial charge is 0.469 e. The Labute approximate surface area is 177 Å². The molecular weight excluding hydrogens is 437 g/mol. The van der Waals surface area contributed by atoms with E-state index in [2.05, 4.69) is 15.9 Å². The van der Waals surface area contributed by atoms with Crippen LogP contribution in [0.5, 0.6) is 0 Å². The first kappa shape index (κ1) is 19.8. The van der Waals surface area contributed by atoms with Gasteiger partial charge in [0.2, 0.25) is 5.89 Å². The SMILES string of the molecule is COC(=O)C1CCCCC1c1oc(-c2ccc(F)cc2)nc1-c1ccc(Br)cc1. The van der Waals surface area contributed by atoms with E-state index in [-0.39, 0.29) is 23.6 Å². The van der Waals surface area contributed by atoms with Gasteiger partial charge < -0.3 is 9.15 Å². The van der Waals surface area contributed by atoms with Crippen molar-refractivity contribution in [1.29, 1.82) is 0 Å². The van der Waals surface area contributed by atoms with Gasteiger partial charge in [-0.25, -0.2) is 9.37 Å². The van der Waals surface area contributed by atoms with E-state index in [1.165, 1.54) is 19.2 Å². The van der Waals surface area contributed by atoms with Gasteiger partial charge in [0, 0.05) is 21.5 Å². The number of ether oxygens (including phenoxy) is 1. The maximum absolute atomic E-state index is 13.4. The molecule has 1 saturated carbocycles. The molecule has 1 aliphatic carbocycles. The van der Waals surface area contributed by atoms with Crippen molar-refractivity contribution in [2.24, 2.45) is 5.92 Å². The van der Waals surface area contributed by atoms with E-state index in [1.54, 1.807) is 12.1 Å². The van der Waals surface area contributed by atoms with Crippen LogP contribution in [0.25, 0.3) is 22.7 Å². The molecule has 29 heavy (non-hydrogen) atoms. The van der Waals surface area contributed by atoms with E-state index < -0.39 is 0 Å². The highest BCUT2D eigenvalue weighted by Gasteiger charge is 2.37. The lowest BCUT2D eigenvalue weighted by molar-refractivity contribution is -0.147. The van der Waals surface area contributed by atoms with Gasteiger partial charge in [0.25, 0.3) is 0 Å². The molecule has 4 nitrogen and oxygen atoms in total. The van der Waals surface area contributed by atoms with Crippen molar-refractivity contribution in [3.05, 3.63) is 64.6 Å². The average molecular weight is 458 g/mol. The molecule has 0 amide bonds. The van der Waals surface area contributed by atoms with Gasteiger partial charge >= 0.3 is 5.97 Å². The number of esters is 1. The number of rotatable bonds is 4. The van der Waals surface area contributed by atoms with Gasteiger partial charge in [0.05, 0.1) is 13.0 Å². The smallest absolute Gasteiger partial charge is 0.309 e. The molecule has 1 fully saturated rings. The Morgan fingerprint density at radius 3 is 2.41 bits per heavy atom. The fourth-order valence-corrected chi connectivity index (χ4v) is 4.26. The summed E-state index contributed by atoms with van der Waals surface area (Å²) in [5.74, 6) is 0.241. The first-order valence-corrected chi connectivity index (χ1v) is 10.5. The summed E-state index contributed by atoms with van der Waals surface area (Å²) in [5.41, 5.74) is 2.33. The highest BCUT2D eigenvalue weighted by molar-refractivity contribution is 9.10. The zero-order chi connectivity index (χ0) is 20.4. The molecule has 3 aromatic rings. The molecule has 0 radical (unpaired) electrons. The summed E-state index contributed by atoms with van der Waals surface area (Å²) < 4.78 is 25.6. The Morgan fingerprint density at radius 1 is 1.07 bits per heavy atom. The summed E-state index contributed by atoms with van der Waals surface area (Å²) >= 11 is 3.46. The Morgan fingerprint density at radius 2 is 1.72 bits per heavy atom. The summed E-state index contributed by atoms with van der Waals surface area (Å²) in [5, 5.41) is 0. The van der Waals surface area contributed by atoms with E-state index in [1.807, 2.05) is 24.3 Å². The molecule has 6 heteroatoms. The Balaban J connectivity index is 1.83. The number of carbonyl (C=O) groups is 1. The lowest BCUT2D eigenvalue weighted by atomic mass is 9.77. The number of oxazole rings is 1. The maximum atomic E-state index is 13.4. The van der Waals surface area contributed by atoms with Crippen molar-refractivity contribution in [3.8, 4) is 22.7 Å². The van der Waals surface area contributed by atoms with Crippen molar-refractivity contribution in [2.45, 2.75) is 31.6 Å². The predicted molar refractivity (Wildman–Crippen MR) is 112 cm³/mol. The normalized spacial score (nSPS) is 19.1. The number of nitrogens with zero attached hydrogens (tertiary/aromatic N) is 1. The van der Waals surface area contributed by atoms with Crippen LogP contribution in [-0.2, 0) is 9.53 Å². The van der Waals surface area contributed by atoms with Crippen molar-refractivity contribution in [3.63, 3.8) is 0 Å². The number of hydrogen-bond acceptors (Lipinski definition) is 4. The van der Waals surface area contributed by atoms with Gasteiger partial charge in [-0.15, -0.1) is 0 Å². The summed E-state index contributed by atoms with van der Waals surface area (Å²) in [6.45, 7) is 0. The van der Waals surface area contributed by atoms with Crippen LogP contribution in [0.2, 0.25) is 0 Å². The van der Waals surface area contributed by atoms with E-state index >= 15 is 0 Å². The van der Waals surface area contributed by atoms with Crippen LogP contribution in [0, 0.1) is 11.7 Å². The molecule has 0 N–H and O–H groups in total. The molecular formula is C23H21BrFNO3. The van der Waals surface area contributed by atoms with Gasteiger partial charge in [0.1, 0.15) is 17.3 Å². The van der Waals surface area contributed by atoms with Crippen molar-refractivity contribution in [1.82, 2.24) is 4.98 Å². The minimum Gasteiger partial charge on any atom is -0.469 e. The quantitative estimate of drug-likeness (QED) is 0.427. The van der Waals surface area contributed by atoms with E-state index in [0.717, 1.165) is 41.4 Å². The van der Waals surface area contributed by atoms with Gasteiger partial charge in [-0.1, -0.05) is 40.9 Å². The standard InChI is InChI=1S/C23H21BrFNO3/c1-28-23(27)19-5-3-2-4-18(19)21-20(14-6-10-16(24)11-7-14)26-22(29-21)15-8-12-17(25)13-9-15/h6-13,18-19H,2-5H2,1H3. The highest BCUT2D eigenvalue weighted by Crippen LogP contribution is 2.44. The maximum Gasteiger partial charge on any atom is 0.309 e. The monoisotopic (exact) mass is 457 g/mol. The number of methoxy groups -OCH3 is 1. The number of hydrogen-bond donors (Lipinski definition) is 0. The number of aromatic nitrogens is 1. The van der Waals surface area contributed by atoms with Crippen molar-refractivity contribution < 1.29 is 18.3 Å². The Kier molecular flexibility index (Phi) is 5.81. The minimum absolute atomic E-state index is 0.100. The molecule has 150 valence electrons. The van der Waals surface area contributed by atoms with Crippen LogP contribution < -0.4 is 0 Å². The van der Waals surface area contributed by atoms with Crippen LogP contribution in [0.1, 0.15) is 37.4 Å². The second-order valence-electron chi connectivity index (χ2n) is 7.27. The molecule has 1 heterocycles. The lowest BCUT2D eigenvalue weighted by Gasteiger charge is -2.28. The van der Waals surface area contributed by atoms with E-state index in [0.29, 0.717) is 17.2 Å². The van der Waals surface area contributed by atoms with E-state index in [9.17, 15) is 9.18 Å². The van der Waals surface area contributed by atoms with Crippen LogP contribution in [0.4, 0.5) is 4.39 Å². The molecule has 2 aromatic carbocycles. The van der Waals surface area contributed by atoms with Crippen LogP contribution in [0.15, 0.2) is 57.4 Å². The van der Waals surface area contributed by atoms with Gasteiger partial charge in [-0.2, -0.15) is 0 Å². The zero-order valence-electron chi connectivity index (χ0n) is 16.0. The van der Waals surface area contributed by atoms with Gasteiger partial charge in [-0.3, -0.25) is 4.79 Å².